The van der Waals surface area contributed by atoms with Crippen LogP contribution in [0.15, 0.2) is 47.5 Å². The van der Waals surface area contributed by atoms with Crippen molar-refractivity contribution in [3.8, 4) is 11.5 Å². The number of nitrogens with zero attached hydrogens (tertiary/aromatic N) is 2. The molecule has 7 nitrogen and oxygen atoms in total. The second-order valence-electron chi connectivity index (χ2n) is 6.12. The molecular formula is C20H18N2O5S. The van der Waals surface area contributed by atoms with Crippen LogP contribution in [0.2, 0.25) is 0 Å². The zero-order valence-electron chi connectivity index (χ0n) is 15.4. The number of amides is 1. The first-order valence-corrected chi connectivity index (χ1v) is 9.61. The summed E-state index contributed by atoms with van der Waals surface area (Å²) < 4.78 is 18.9. The molecule has 0 bridgehead atoms. The number of esters is 1. The summed E-state index contributed by atoms with van der Waals surface area (Å²) in [6.45, 7) is 2.72. The van der Waals surface area contributed by atoms with Crippen LogP contribution < -0.4 is 14.3 Å². The lowest BCUT2D eigenvalue weighted by molar-refractivity contribution is -0.127. The minimum absolute atomic E-state index is 0.114. The number of ether oxygens (including phenoxy) is 3. The van der Waals surface area contributed by atoms with Gasteiger partial charge in [0, 0.05) is 6.54 Å². The van der Waals surface area contributed by atoms with Gasteiger partial charge in [0.25, 0.3) is 5.91 Å². The van der Waals surface area contributed by atoms with Gasteiger partial charge in [0.05, 0.1) is 22.9 Å². The Morgan fingerprint density at radius 3 is 2.79 bits per heavy atom. The first kappa shape index (κ1) is 18.2. The lowest BCUT2D eigenvalue weighted by Gasteiger charge is -2.23. The van der Waals surface area contributed by atoms with Crippen LogP contribution in [0.4, 0.5) is 0 Å². The van der Waals surface area contributed by atoms with Gasteiger partial charge in [-0.3, -0.25) is 4.79 Å². The fraction of sp³-hybridized carbons (Fsp3) is 0.250. The van der Waals surface area contributed by atoms with Crippen LogP contribution >= 0.6 is 11.3 Å². The highest BCUT2D eigenvalue weighted by Crippen LogP contribution is 2.31. The van der Waals surface area contributed by atoms with Crippen LogP contribution in [0.5, 0.6) is 11.5 Å². The second kappa shape index (κ2) is 7.47. The van der Waals surface area contributed by atoms with Gasteiger partial charge >= 0.3 is 5.97 Å². The maximum Gasteiger partial charge on any atom is 0.337 e. The molecule has 0 saturated carbocycles. The summed E-state index contributed by atoms with van der Waals surface area (Å²) in [6.07, 6.45) is -0.795. The van der Waals surface area contributed by atoms with Gasteiger partial charge in [-0.2, -0.15) is 4.99 Å². The number of carbonyl (C=O) groups is 2. The molecule has 0 fully saturated rings. The molecule has 1 atom stereocenters. The number of rotatable bonds is 3. The summed E-state index contributed by atoms with van der Waals surface area (Å²) in [7, 11) is 1.34. The number of para-hydroxylation sites is 2. The van der Waals surface area contributed by atoms with E-state index in [0.717, 1.165) is 10.2 Å². The third-order valence-electron chi connectivity index (χ3n) is 4.41. The van der Waals surface area contributed by atoms with Crippen molar-refractivity contribution in [1.82, 2.24) is 4.57 Å². The molecule has 0 aliphatic carbocycles. The topological polar surface area (TPSA) is 79.1 Å². The minimum atomic E-state index is -0.795. The van der Waals surface area contributed by atoms with E-state index in [2.05, 4.69) is 4.99 Å². The van der Waals surface area contributed by atoms with E-state index in [-0.39, 0.29) is 6.61 Å². The Balaban J connectivity index is 1.68. The number of hydrogen-bond donors (Lipinski definition) is 0. The fourth-order valence-corrected chi connectivity index (χ4v) is 4.16. The first-order chi connectivity index (χ1) is 13.6. The average molecular weight is 398 g/mol. The minimum Gasteiger partial charge on any atom is -0.485 e. The number of fused-ring (bicyclic) bond motifs is 2. The van der Waals surface area contributed by atoms with E-state index >= 15 is 0 Å². The number of hydrogen-bond acceptors (Lipinski definition) is 6. The van der Waals surface area contributed by atoms with Crippen molar-refractivity contribution in [1.29, 1.82) is 0 Å². The molecule has 2 heterocycles. The summed E-state index contributed by atoms with van der Waals surface area (Å²) in [6, 6.07) is 12.5. The van der Waals surface area contributed by atoms with Gasteiger partial charge in [-0.05, 0) is 37.3 Å². The van der Waals surface area contributed by atoms with Crippen LogP contribution in [0.3, 0.4) is 0 Å². The SMILES string of the molecule is CCn1c(=NC(=O)C2COc3ccccc3O2)sc2cc(C(=O)OC)ccc21. The molecule has 0 saturated heterocycles. The summed E-state index contributed by atoms with van der Waals surface area (Å²) >= 11 is 1.34. The molecule has 4 rings (SSSR count). The third kappa shape index (κ3) is 3.27. The zero-order chi connectivity index (χ0) is 19.7. The highest BCUT2D eigenvalue weighted by Gasteiger charge is 2.27. The highest BCUT2D eigenvalue weighted by atomic mass is 32.1. The molecule has 1 unspecified atom stereocenters. The Morgan fingerprint density at radius 2 is 2.04 bits per heavy atom. The molecule has 1 amide bonds. The Labute approximate surface area is 164 Å². The van der Waals surface area contributed by atoms with Gasteiger partial charge in [0.1, 0.15) is 6.61 Å². The molecular weight excluding hydrogens is 380 g/mol. The lowest BCUT2D eigenvalue weighted by Crippen LogP contribution is -2.36. The average Bonchev–Trinajstić information content (AvgIpc) is 3.08. The molecule has 0 radical (unpaired) electrons. The van der Waals surface area contributed by atoms with Crippen molar-refractivity contribution >= 4 is 33.4 Å². The number of thiazole rings is 1. The van der Waals surface area contributed by atoms with E-state index in [1.807, 2.05) is 29.7 Å². The van der Waals surface area contributed by atoms with E-state index in [4.69, 9.17) is 14.2 Å². The molecule has 3 aromatic rings. The van der Waals surface area contributed by atoms with Crippen molar-refractivity contribution in [2.24, 2.45) is 4.99 Å². The number of aromatic nitrogens is 1. The van der Waals surface area contributed by atoms with Gasteiger partial charge in [0.2, 0.25) is 6.10 Å². The van der Waals surface area contributed by atoms with Crippen LogP contribution in [-0.2, 0) is 16.1 Å². The summed E-state index contributed by atoms with van der Waals surface area (Å²) in [5.74, 6) is 0.341. The van der Waals surface area contributed by atoms with Gasteiger partial charge in [0.15, 0.2) is 16.3 Å². The van der Waals surface area contributed by atoms with Crippen molar-refractivity contribution in [3.05, 3.63) is 52.8 Å². The molecule has 1 aliphatic rings. The van der Waals surface area contributed by atoms with Gasteiger partial charge in [-0.1, -0.05) is 23.5 Å². The van der Waals surface area contributed by atoms with Crippen molar-refractivity contribution in [2.75, 3.05) is 13.7 Å². The normalized spacial score (nSPS) is 16.2. The molecule has 1 aromatic heterocycles. The zero-order valence-corrected chi connectivity index (χ0v) is 16.2. The Kier molecular flexibility index (Phi) is 4.87. The van der Waals surface area contributed by atoms with Gasteiger partial charge in [-0.25, -0.2) is 4.79 Å². The van der Waals surface area contributed by atoms with Gasteiger partial charge < -0.3 is 18.8 Å². The molecule has 0 spiro atoms. The van der Waals surface area contributed by atoms with Crippen LogP contribution in [0.25, 0.3) is 10.2 Å². The largest absolute Gasteiger partial charge is 0.485 e. The Morgan fingerprint density at radius 1 is 1.25 bits per heavy atom. The molecule has 8 heteroatoms. The van der Waals surface area contributed by atoms with E-state index < -0.39 is 18.0 Å². The van der Waals surface area contributed by atoms with Crippen molar-refractivity contribution < 1.29 is 23.8 Å². The van der Waals surface area contributed by atoms with Crippen molar-refractivity contribution in [3.63, 3.8) is 0 Å². The number of benzene rings is 2. The van der Waals surface area contributed by atoms with Crippen molar-refractivity contribution in [2.45, 2.75) is 19.6 Å². The van der Waals surface area contributed by atoms with Crippen LogP contribution in [0.1, 0.15) is 17.3 Å². The monoisotopic (exact) mass is 398 g/mol. The van der Waals surface area contributed by atoms with Gasteiger partial charge in [-0.15, -0.1) is 0 Å². The number of carbonyl (C=O) groups excluding carboxylic acids is 2. The summed E-state index contributed by atoms with van der Waals surface area (Å²) in [5, 5.41) is 0. The maximum atomic E-state index is 12.7. The number of methoxy groups -OCH3 is 1. The van der Waals surface area contributed by atoms with E-state index in [9.17, 15) is 9.59 Å². The predicted molar refractivity (Wildman–Crippen MR) is 104 cm³/mol. The smallest absolute Gasteiger partial charge is 0.337 e. The Hall–Kier alpha value is -3.13. The second-order valence-corrected chi connectivity index (χ2v) is 7.13. The third-order valence-corrected chi connectivity index (χ3v) is 5.45. The fourth-order valence-electron chi connectivity index (χ4n) is 3.02. The lowest BCUT2D eigenvalue weighted by atomic mass is 10.2. The first-order valence-electron chi connectivity index (χ1n) is 8.79. The van der Waals surface area contributed by atoms with Crippen LogP contribution in [-0.4, -0.2) is 36.3 Å². The molecule has 2 aromatic carbocycles. The highest BCUT2D eigenvalue weighted by molar-refractivity contribution is 7.16. The van der Waals surface area contributed by atoms with Crippen LogP contribution in [0, 0.1) is 0 Å². The molecule has 28 heavy (non-hydrogen) atoms. The predicted octanol–water partition coefficient (Wildman–Crippen LogP) is 2.78. The molecule has 144 valence electrons. The molecule has 1 aliphatic heterocycles. The quantitative estimate of drug-likeness (QED) is 0.634. The maximum absolute atomic E-state index is 12.7. The standard InChI is InChI=1S/C20H18N2O5S/c1-3-22-13-9-8-12(19(24)25-2)10-17(13)28-20(22)21-18(23)16-11-26-14-6-4-5-7-15(14)27-16/h4-10,16H,3,11H2,1-2H3. The van der Waals surface area contributed by atoms with E-state index in [0.29, 0.717) is 28.4 Å². The summed E-state index contributed by atoms with van der Waals surface area (Å²) in [4.78, 5) is 29.3. The van der Waals surface area contributed by atoms with E-state index in [1.54, 1.807) is 24.3 Å². The van der Waals surface area contributed by atoms with E-state index in [1.165, 1.54) is 18.4 Å². The Bertz CT molecular complexity index is 1130. The molecule has 0 N–H and O–H groups in total. The number of aryl methyl sites for hydroxylation is 1. The summed E-state index contributed by atoms with van der Waals surface area (Å²) in [5.41, 5.74) is 1.36.